The summed E-state index contributed by atoms with van der Waals surface area (Å²) in [6.07, 6.45) is 1.92. The van der Waals surface area contributed by atoms with E-state index in [1.165, 1.54) is 0 Å². The highest BCUT2D eigenvalue weighted by Crippen LogP contribution is 2.23. The summed E-state index contributed by atoms with van der Waals surface area (Å²) in [7, 11) is 0. The third-order valence-electron chi connectivity index (χ3n) is 2.37. The first-order valence-electron chi connectivity index (χ1n) is 5.84. The van der Waals surface area contributed by atoms with Gasteiger partial charge in [-0.3, -0.25) is 0 Å². The Kier molecular flexibility index (Phi) is 5.25. The lowest BCUT2D eigenvalue weighted by atomic mass is 10.2. The third-order valence-corrected chi connectivity index (χ3v) is 3.63. The summed E-state index contributed by atoms with van der Waals surface area (Å²) in [6, 6.07) is 9.72. The topological polar surface area (TPSA) is 62.7 Å². The van der Waals surface area contributed by atoms with Crippen LogP contribution in [-0.4, -0.2) is 10.1 Å². The number of hydrogen-bond acceptors (Lipinski definition) is 5. The van der Waals surface area contributed by atoms with E-state index >= 15 is 0 Å². The molecule has 0 aliphatic carbocycles. The minimum Gasteiger partial charge on any atom is -0.339 e. The van der Waals surface area contributed by atoms with Crippen molar-refractivity contribution in [1.29, 1.82) is 5.26 Å². The second-order valence-electron chi connectivity index (χ2n) is 3.86. The summed E-state index contributed by atoms with van der Waals surface area (Å²) >= 11 is 7.45. The van der Waals surface area contributed by atoms with Gasteiger partial charge in [0.25, 0.3) is 0 Å². The maximum atomic E-state index is 8.45. The van der Waals surface area contributed by atoms with Crippen molar-refractivity contribution < 1.29 is 4.52 Å². The van der Waals surface area contributed by atoms with Gasteiger partial charge in [-0.05, 0) is 30.7 Å². The second kappa shape index (κ2) is 7.17. The molecule has 2 aromatic rings. The van der Waals surface area contributed by atoms with Crippen LogP contribution >= 0.6 is 23.4 Å². The van der Waals surface area contributed by atoms with Crippen molar-refractivity contribution in [2.75, 3.05) is 0 Å². The minimum atomic E-state index is 0.511. The highest BCUT2D eigenvalue weighted by Gasteiger charge is 2.06. The molecule has 0 fully saturated rings. The van der Waals surface area contributed by atoms with Gasteiger partial charge in [-0.25, -0.2) is 0 Å². The fourth-order valence-corrected chi connectivity index (χ4v) is 2.32. The predicted molar refractivity (Wildman–Crippen MR) is 73.9 cm³/mol. The number of nitrogens with zero attached hydrogens (tertiary/aromatic N) is 3. The van der Waals surface area contributed by atoms with Gasteiger partial charge in [-0.2, -0.15) is 10.2 Å². The van der Waals surface area contributed by atoms with E-state index in [2.05, 4.69) is 16.2 Å². The Bertz CT molecular complexity index is 562. The van der Waals surface area contributed by atoms with Crippen molar-refractivity contribution in [1.82, 2.24) is 10.1 Å². The van der Waals surface area contributed by atoms with Crippen LogP contribution in [0.15, 0.2) is 33.7 Å². The summed E-state index contributed by atoms with van der Waals surface area (Å²) in [6.45, 7) is 0. The van der Waals surface area contributed by atoms with Gasteiger partial charge in [-0.15, -0.1) is 11.8 Å². The lowest BCUT2D eigenvalue weighted by Crippen LogP contribution is -1.87. The van der Waals surface area contributed by atoms with Gasteiger partial charge >= 0.3 is 0 Å². The zero-order valence-corrected chi connectivity index (χ0v) is 11.7. The van der Waals surface area contributed by atoms with Crippen LogP contribution in [0.2, 0.25) is 5.02 Å². The number of unbranched alkanes of at least 4 members (excludes halogenated alkanes) is 1. The van der Waals surface area contributed by atoms with Crippen molar-refractivity contribution in [2.24, 2.45) is 0 Å². The third kappa shape index (κ3) is 4.58. The highest BCUT2D eigenvalue weighted by molar-refractivity contribution is 7.98. The Hall–Kier alpha value is -1.51. The summed E-state index contributed by atoms with van der Waals surface area (Å²) in [4.78, 5) is 5.39. The standard InChI is InChI=1S/C13H12ClN3OS/c14-10-4-6-11(7-5-10)19-9-12-16-13(18-17-12)3-1-2-8-15/h4-7H,1-3,9H2. The zero-order chi connectivity index (χ0) is 13.5. The van der Waals surface area contributed by atoms with Crippen molar-refractivity contribution in [3.05, 3.63) is 41.0 Å². The number of aromatic nitrogens is 2. The van der Waals surface area contributed by atoms with Gasteiger partial charge in [-0.1, -0.05) is 16.8 Å². The largest absolute Gasteiger partial charge is 0.339 e. The Morgan fingerprint density at radius 3 is 2.84 bits per heavy atom. The summed E-state index contributed by atoms with van der Waals surface area (Å²) in [5, 5.41) is 13.1. The van der Waals surface area contributed by atoms with Gasteiger partial charge in [0.05, 0.1) is 11.8 Å². The van der Waals surface area contributed by atoms with Crippen molar-refractivity contribution in [3.63, 3.8) is 0 Å². The van der Waals surface area contributed by atoms with Crippen molar-refractivity contribution in [2.45, 2.75) is 29.9 Å². The lowest BCUT2D eigenvalue weighted by Gasteiger charge is -1.97. The molecule has 0 aliphatic heterocycles. The van der Waals surface area contributed by atoms with E-state index in [9.17, 15) is 0 Å². The van der Waals surface area contributed by atoms with Gasteiger partial charge in [0.2, 0.25) is 5.89 Å². The number of halogens is 1. The molecule has 0 unspecified atom stereocenters. The molecule has 0 N–H and O–H groups in total. The average molecular weight is 294 g/mol. The smallest absolute Gasteiger partial charge is 0.226 e. The fourth-order valence-electron chi connectivity index (χ4n) is 1.45. The molecule has 0 atom stereocenters. The predicted octanol–water partition coefficient (Wildman–Crippen LogP) is 3.86. The fraction of sp³-hybridized carbons (Fsp3) is 0.308. The van der Waals surface area contributed by atoms with E-state index in [0.29, 0.717) is 30.3 Å². The Morgan fingerprint density at radius 1 is 1.32 bits per heavy atom. The molecule has 0 spiro atoms. The maximum Gasteiger partial charge on any atom is 0.226 e. The average Bonchev–Trinajstić information content (AvgIpc) is 2.86. The number of hydrogen-bond donors (Lipinski definition) is 0. The Labute approximate surface area is 120 Å². The normalized spacial score (nSPS) is 10.3. The van der Waals surface area contributed by atoms with Gasteiger partial charge in [0, 0.05) is 22.8 Å². The Morgan fingerprint density at radius 2 is 2.11 bits per heavy atom. The van der Waals surface area contributed by atoms with Crippen LogP contribution < -0.4 is 0 Å². The van der Waals surface area contributed by atoms with Crippen LogP contribution in [0.5, 0.6) is 0 Å². The van der Waals surface area contributed by atoms with Gasteiger partial charge in [0.1, 0.15) is 0 Å². The SMILES string of the molecule is N#CCCCc1nc(CSc2ccc(Cl)cc2)no1. The van der Waals surface area contributed by atoms with Crippen LogP contribution in [0.4, 0.5) is 0 Å². The minimum absolute atomic E-state index is 0.511. The first kappa shape index (κ1) is 13.9. The summed E-state index contributed by atoms with van der Waals surface area (Å²) in [5.41, 5.74) is 0. The van der Waals surface area contributed by atoms with E-state index < -0.39 is 0 Å². The van der Waals surface area contributed by atoms with Crippen LogP contribution in [0.3, 0.4) is 0 Å². The lowest BCUT2D eigenvalue weighted by molar-refractivity contribution is 0.372. The molecule has 1 aromatic heterocycles. The zero-order valence-electron chi connectivity index (χ0n) is 10.2. The van der Waals surface area contributed by atoms with Crippen LogP contribution in [0.25, 0.3) is 0 Å². The number of thioether (sulfide) groups is 1. The molecule has 0 aliphatic rings. The monoisotopic (exact) mass is 293 g/mol. The molecule has 0 saturated heterocycles. The molecule has 19 heavy (non-hydrogen) atoms. The van der Waals surface area contributed by atoms with E-state index in [-0.39, 0.29) is 0 Å². The van der Waals surface area contributed by atoms with E-state index in [1.807, 2.05) is 24.3 Å². The maximum absolute atomic E-state index is 8.45. The molecule has 0 saturated carbocycles. The molecule has 6 heteroatoms. The second-order valence-corrected chi connectivity index (χ2v) is 5.34. The van der Waals surface area contributed by atoms with E-state index in [4.69, 9.17) is 21.4 Å². The van der Waals surface area contributed by atoms with Crippen LogP contribution in [-0.2, 0) is 12.2 Å². The summed E-state index contributed by atoms with van der Waals surface area (Å²) in [5.74, 6) is 1.93. The number of benzene rings is 1. The molecule has 98 valence electrons. The van der Waals surface area contributed by atoms with E-state index in [1.54, 1.807) is 11.8 Å². The number of aryl methyl sites for hydroxylation is 1. The molecule has 0 radical (unpaired) electrons. The molecule has 1 heterocycles. The Balaban J connectivity index is 1.83. The molecule has 4 nitrogen and oxygen atoms in total. The van der Waals surface area contributed by atoms with E-state index in [0.717, 1.165) is 16.3 Å². The van der Waals surface area contributed by atoms with Gasteiger partial charge in [0.15, 0.2) is 5.82 Å². The molecular weight excluding hydrogens is 282 g/mol. The molecular formula is C13H12ClN3OS. The quantitative estimate of drug-likeness (QED) is 0.598. The van der Waals surface area contributed by atoms with Crippen LogP contribution in [0.1, 0.15) is 24.6 Å². The molecule has 0 bridgehead atoms. The molecule has 2 rings (SSSR count). The number of nitriles is 1. The first-order valence-corrected chi connectivity index (χ1v) is 7.21. The molecule has 1 aromatic carbocycles. The number of rotatable bonds is 6. The van der Waals surface area contributed by atoms with Crippen molar-refractivity contribution >= 4 is 23.4 Å². The van der Waals surface area contributed by atoms with Gasteiger partial charge < -0.3 is 4.52 Å². The highest BCUT2D eigenvalue weighted by atomic mass is 35.5. The summed E-state index contributed by atoms with van der Waals surface area (Å²) < 4.78 is 5.11. The first-order chi connectivity index (χ1) is 9.28. The molecule has 0 amide bonds. The van der Waals surface area contributed by atoms with Crippen molar-refractivity contribution in [3.8, 4) is 6.07 Å². The van der Waals surface area contributed by atoms with Crippen LogP contribution in [0, 0.1) is 11.3 Å².